The predicted molar refractivity (Wildman–Crippen MR) is 87.0 cm³/mol. The van der Waals surface area contributed by atoms with E-state index < -0.39 is 15.6 Å². The highest BCUT2D eigenvalue weighted by Gasteiger charge is 2.26. The van der Waals surface area contributed by atoms with Gasteiger partial charge in [0.2, 0.25) is 15.9 Å². The first kappa shape index (κ1) is 16.7. The molecule has 0 heterocycles. The molecule has 0 bridgehead atoms. The third-order valence-corrected chi connectivity index (χ3v) is 5.07. The second-order valence-corrected chi connectivity index (χ2v) is 8.13. The Kier molecular flexibility index (Phi) is 4.72. The van der Waals surface area contributed by atoms with Crippen LogP contribution in [0, 0.1) is 5.92 Å². The van der Waals surface area contributed by atoms with Crippen LogP contribution in [0.5, 0.6) is 0 Å². The van der Waals surface area contributed by atoms with E-state index in [-0.39, 0.29) is 16.7 Å². The van der Waals surface area contributed by atoms with Crippen molar-refractivity contribution in [2.45, 2.75) is 44.0 Å². The Bertz CT molecular complexity index is 680. The zero-order chi connectivity index (χ0) is 16.4. The molecule has 0 atom stereocenters. The molecule has 0 radical (unpaired) electrons. The van der Waals surface area contributed by atoms with Crippen LogP contribution in [0.2, 0.25) is 0 Å². The standard InChI is InChI=1S/C16H22N2O3S/c1-16(2,3)18-22(20,21)14-11-7-6-10-13(14)17-15(19)12-8-4-5-9-12/h4-7,10-12,18H,8-9H2,1-3H3,(H,17,19). The zero-order valence-electron chi connectivity index (χ0n) is 13.1. The van der Waals surface area contributed by atoms with Crippen LogP contribution in [-0.2, 0) is 14.8 Å². The average molecular weight is 322 g/mol. The number of para-hydroxylation sites is 1. The van der Waals surface area contributed by atoms with Crippen molar-refractivity contribution in [3.63, 3.8) is 0 Å². The van der Waals surface area contributed by atoms with Gasteiger partial charge in [-0.05, 0) is 45.7 Å². The van der Waals surface area contributed by atoms with Crippen molar-refractivity contribution < 1.29 is 13.2 Å². The molecule has 5 nitrogen and oxygen atoms in total. The van der Waals surface area contributed by atoms with Crippen molar-refractivity contribution in [3.8, 4) is 0 Å². The van der Waals surface area contributed by atoms with Gasteiger partial charge in [-0.2, -0.15) is 0 Å². The first-order chi connectivity index (χ1) is 10.2. The van der Waals surface area contributed by atoms with Crippen LogP contribution in [-0.4, -0.2) is 19.9 Å². The second kappa shape index (κ2) is 6.22. The Balaban J connectivity index is 2.25. The second-order valence-electron chi connectivity index (χ2n) is 6.48. The number of allylic oxidation sites excluding steroid dienone is 2. The molecule has 1 aliphatic carbocycles. The summed E-state index contributed by atoms with van der Waals surface area (Å²) in [4.78, 5) is 12.3. The molecule has 1 aliphatic rings. The van der Waals surface area contributed by atoms with Gasteiger partial charge in [0.1, 0.15) is 4.90 Å². The summed E-state index contributed by atoms with van der Waals surface area (Å²) in [5.41, 5.74) is -0.276. The summed E-state index contributed by atoms with van der Waals surface area (Å²) < 4.78 is 27.6. The van der Waals surface area contributed by atoms with Gasteiger partial charge in [0, 0.05) is 11.5 Å². The van der Waals surface area contributed by atoms with Crippen molar-refractivity contribution in [2.75, 3.05) is 5.32 Å². The number of carbonyl (C=O) groups is 1. The van der Waals surface area contributed by atoms with E-state index in [0.29, 0.717) is 18.5 Å². The van der Waals surface area contributed by atoms with Crippen LogP contribution in [0.1, 0.15) is 33.6 Å². The van der Waals surface area contributed by atoms with Crippen molar-refractivity contribution in [1.82, 2.24) is 4.72 Å². The predicted octanol–water partition coefficient (Wildman–Crippen LogP) is 2.67. The summed E-state index contributed by atoms with van der Waals surface area (Å²) in [6, 6.07) is 6.46. The highest BCUT2D eigenvalue weighted by atomic mass is 32.2. The number of benzene rings is 1. The zero-order valence-corrected chi connectivity index (χ0v) is 13.9. The summed E-state index contributed by atoms with van der Waals surface area (Å²) in [5, 5.41) is 2.75. The van der Waals surface area contributed by atoms with E-state index in [9.17, 15) is 13.2 Å². The van der Waals surface area contributed by atoms with Crippen LogP contribution >= 0.6 is 0 Å². The summed E-state index contributed by atoms with van der Waals surface area (Å²) in [7, 11) is -3.70. The minimum absolute atomic E-state index is 0.0873. The highest BCUT2D eigenvalue weighted by Crippen LogP contribution is 2.25. The molecule has 0 saturated carbocycles. The Morgan fingerprint density at radius 3 is 2.32 bits per heavy atom. The van der Waals surface area contributed by atoms with Gasteiger partial charge in [-0.15, -0.1) is 0 Å². The molecular weight excluding hydrogens is 300 g/mol. The summed E-state index contributed by atoms with van der Waals surface area (Å²) in [6.45, 7) is 5.32. The quantitative estimate of drug-likeness (QED) is 0.837. The average Bonchev–Trinajstić information content (AvgIpc) is 2.90. The van der Waals surface area contributed by atoms with Gasteiger partial charge in [0.15, 0.2) is 0 Å². The molecule has 0 unspecified atom stereocenters. The Labute approximate surface area is 131 Å². The first-order valence-electron chi connectivity index (χ1n) is 7.28. The number of nitrogens with one attached hydrogen (secondary N) is 2. The van der Waals surface area contributed by atoms with Crippen molar-refractivity contribution in [3.05, 3.63) is 36.4 Å². The molecule has 0 aromatic heterocycles. The number of hydrogen-bond acceptors (Lipinski definition) is 3. The molecule has 0 saturated heterocycles. The Morgan fingerprint density at radius 2 is 1.73 bits per heavy atom. The Hall–Kier alpha value is -1.66. The number of anilines is 1. The minimum atomic E-state index is -3.70. The monoisotopic (exact) mass is 322 g/mol. The fourth-order valence-electron chi connectivity index (χ4n) is 2.33. The van der Waals surface area contributed by atoms with Crippen molar-refractivity contribution in [1.29, 1.82) is 0 Å². The van der Waals surface area contributed by atoms with Gasteiger partial charge in [-0.3, -0.25) is 4.79 Å². The van der Waals surface area contributed by atoms with Gasteiger partial charge < -0.3 is 5.32 Å². The highest BCUT2D eigenvalue weighted by molar-refractivity contribution is 7.89. The molecule has 0 spiro atoms. The normalized spacial score (nSPS) is 16.0. The SMILES string of the molecule is CC(C)(C)NS(=O)(=O)c1ccccc1NC(=O)C1CC=CC1. The first-order valence-corrected chi connectivity index (χ1v) is 8.76. The lowest BCUT2D eigenvalue weighted by atomic mass is 10.1. The summed E-state index contributed by atoms with van der Waals surface area (Å²) >= 11 is 0. The van der Waals surface area contributed by atoms with Crippen molar-refractivity contribution >= 4 is 21.6 Å². The van der Waals surface area contributed by atoms with E-state index >= 15 is 0 Å². The maximum atomic E-state index is 12.5. The van der Waals surface area contributed by atoms with Gasteiger partial charge in [0.05, 0.1) is 5.69 Å². The summed E-state index contributed by atoms with van der Waals surface area (Å²) in [5.74, 6) is -0.269. The summed E-state index contributed by atoms with van der Waals surface area (Å²) in [6.07, 6.45) is 5.32. The van der Waals surface area contributed by atoms with Crippen LogP contribution in [0.15, 0.2) is 41.3 Å². The molecule has 6 heteroatoms. The van der Waals surface area contributed by atoms with Crippen LogP contribution in [0.3, 0.4) is 0 Å². The number of hydrogen-bond donors (Lipinski definition) is 2. The number of rotatable bonds is 4. The molecular formula is C16H22N2O3S. The molecule has 22 heavy (non-hydrogen) atoms. The molecule has 0 fully saturated rings. The number of carbonyl (C=O) groups excluding carboxylic acids is 1. The van der Waals surface area contributed by atoms with E-state index in [2.05, 4.69) is 10.0 Å². The third kappa shape index (κ3) is 4.18. The van der Waals surface area contributed by atoms with E-state index in [1.54, 1.807) is 39.0 Å². The van der Waals surface area contributed by atoms with Gasteiger partial charge in [0.25, 0.3) is 0 Å². The van der Waals surface area contributed by atoms with E-state index in [4.69, 9.17) is 0 Å². The van der Waals surface area contributed by atoms with E-state index in [1.165, 1.54) is 6.07 Å². The van der Waals surface area contributed by atoms with Crippen LogP contribution in [0.4, 0.5) is 5.69 Å². The maximum absolute atomic E-state index is 12.5. The lowest BCUT2D eigenvalue weighted by molar-refractivity contribution is -0.119. The molecule has 2 N–H and O–H groups in total. The third-order valence-electron chi connectivity index (χ3n) is 3.25. The Morgan fingerprint density at radius 1 is 1.14 bits per heavy atom. The lowest BCUT2D eigenvalue weighted by Gasteiger charge is -2.22. The van der Waals surface area contributed by atoms with Gasteiger partial charge in [-0.1, -0.05) is 24.3 Å². The minimum Gasteiger partial charge on any atom is -0.325 e. The topological polar surface area (TPSA) is 75.3 Å². The molecule has 0 aliphatic heterocycles. The number of amides is 1. The van der Waals surface area contributed by atoms with E-state index in [0.717, 1.165) is 0 Å². The molecule has 1 amide bonds. The van der Waals surface area contributed by atoms with Crippen LogP contribution < -0.4 is 10.0 Å². The van der Waals surface area contributed by atoms with Crippen LogP contribution in [0.25, 0.3) is 0 Å². The molecule has 1 aromatic rings. The maximum Gasteiger partial charge on any atom is 0.243 e. The molecule has 120 valence electrons. The van der Waals surface area contributed by atoms with E-state index in [1.807, 2.05) is 12.2 Å². The van der Waals surface area contributed by atoms with Gasteiger partial charge in [-0.25, -0.2) is 13.1 Å². The molecule has 1 aromatic carbocycles. The molecule has 2 rings (SSSR count). The fraction of sp³-hybridized carbons (Fsp3) is 0.438. The van der Waals surface area contributed by atoms with Gasteiger partial charge >= 0.3 is 0 Å². The number of sulfonamides is 1. The smallest absolute Gasteiger partial charge is 0.243 e. The lowest BCUT2D eigenvalue weighted by Crippen LogP contribution is -2.40. The fourth-order valence-corrected chi connectivity index (χ4v) is 3.91. The largest absolute Gasteiger partial charge is 0.325 e. The van der Waals surface area contributed by atoms with Crippen molar-refractivity contribution in [2.24, 2.45) is 5.92 Å².